The van der Waals surface area contributed by atoms with E-state index in [1.54, 1.807) is 6.07 Å². The third kappa shape index (κ3) is 2.87. The van der Waals surface area contributed by atoms with Gasteiger partial charge in [-0.05, 0) is 42.5 Å². The number of carbonyl (C=O) groups excluding carboxylic acids is 1. The number of hydrogen-bond donors (Lipinski definition) is 2. The van der Waals surface area contributed by atoms with E-state index < -0.39 is 0 Å². The lowest BCUT2D eigenvalue weighted by Gasteiger charge is -2.05. The number of aryl methyl sites for hydroxylation is 1. The predicted octanol–water partition coefficient (Wildman–Crippen LogP) is 1.94. The van der Waals surface area contributed by atoms with Crippen LogP contribution in [0.4, 0.5) is 4.39 Å². The van der Waals surface area contributed by atoms with Gasteiger partial charge in [0, 0.05) is 19.2 Å². The van der Waals surface area contributed by atoms with Crippen molar-refractivity contribution >= 4 is 16.8 Å². The maximum absolute atomic E-state index is 13.2. The number of nitrogens with two attached hydrogens (primary N) is 1. The van der Waals surface area contributed by atoms with Crippen LogP contribution in [-0.2, 0) is 11.3 Å². The van der Waals surface area contributed by atoms with E-state index >= 15 is 0 Å². The second kappa shape index (κ2) is 5.64. The average Bonchev–Trinajstić information content (AvgIpc) is 2.77. The van der Waals surface area contributed by atoms with Gasteiger partial charge in [0.15, 0.2) is 0 Å². The van der Waals surface area contributed by atoms with E-state index in [4.69, 9.17) is 5.84 Å². The SMILES string of the molecule is NNC(=O)CCCCn1ccc2ccc(F)cc21. The molecule has 1 amide bonds. The highest BCUT2D eigenvalue weighted by Gasteiger charge is 2.03. The van der Waals surface area contributed by atoms with Gasteiger partial charge in [-0.3, -0.25) is 10.2 Å². The lowest BCUT2D eigenvalue weighted by molar-refractivity contribution is -0.121. The molecule has 5 heteroatoms. The summed E-state index contributed by atoms with van der Waals surface area (Å²) in [7, 11) is 0. The third-order valence-corrected chi connectivity index (χ3v) is 2.95. The first kappa shape index (κ1) is 12.6. The van der Waals surface area contributed by atoms with Crippen molar-refractivity contribution in [2.75, 3.05) is 0 Å². The summed E-state index contributed by atoms with van der Waals surface area (Å²) < 4.78 is 15.2. The molecule has 0 saturated heterocycles. The van der Waals surface area contributed by atoms with Gasteiger partial charge in [0.1, 0.15) is 5.82 Å². The molecule has 0 atom stereocenters. The van der Waals surface area contributed by atoms with Crippen LogP contribution in [0, 0.1) is 5.82 Å². The monoisotopic (exact) mass is 249 g/mol. The lowest BCUT2D eigenvalue weighted by Crippen LogP contribution is -2.29. The smallest absolute Gasteiger partial charge is 0.233 e. The molecule has 96 valence electrons. The summed E-state index contributed by atoms with van der Waals surface area (Å²) in [5.41, 5.74) is 2.99. The Labute approximate surface area is 105 Å². The largest absolute Gasteiger partial charge is 0.347 e. The summed E-state index contributed by atoms with van der Waals surface area (Å²) in [6.07, 6.45) is 3.98. The molecule has 1 heterocycles. The molecule has 0 aliphatic heterocycles. The van der Waals surface area contributed by atoms with E-state index in [1.165, 1.54) is 12.1 Å². The Hall–Kier alpha value is -1.88. The highest BCUT2D eigenvalue weighted by molar-refractivity contribution is 5.80. The van der Waals surface area contributed by atoms with Crippen molar-refractivity contribution in [1.29, 1.82) is 0 Å². The first-order valence-electron chi connectivity index (χ1n) is 5.94. The molecular formula is C13H16FN3O. The number of nitrogens with zero attached hydrogens (tertiary/aromatic N) is 1. The molecule has 0 saturated carbocycles. The number of hydrogen-bond acceptors (Lipinski definition) is 2. The zero-order valence-electron chi connectivity index (χ0n) is 10.0. The van der Waals surface area contributed by atoms with Crippen LogP contribution in [0.25, 0.3) is 10.9 Å². The quantitative estimate of drug-likeness (QED) is 0.368. The Morgan fingerprint density at radius 1 is 1.33 bits per heavy atom. The second-order valence-corrected chi connectivity index (χ2v) is 4.24. The van der Waals surface area contributed by atoms with Crippen LogP contribution < -0.4 is 11.3 Å². The number of amides is 1. The minimum absolute atomic E-state index is 0.154. The molecule has 0 radical (unpaired) electrons. The molecule has 1 aromatic heterocycles. The fourth-order valence-corrected chi connectivity index (χ4v) is 1.99. The van der Waals surface area contributed by atoms with Crippen LogP contribution in [0.3, 0.4) is 0 Å². The molecule has 0 bridgehead atoms. The number of nitrogens with one attached hydrogen (secondary N) is 1. The van der Waals surface area contributed by atoms with Gasteiger partial charge in [0.25, 0.3) is 0 Å². The van der Waals surface area contributed by atoms with Crippen LogP contribution >= 0.6 is 0 Å². The molecule has 0 unspecified atom stereocenters. The lowest BCUT2D eigenvalue weighted by atomic mass is 10.2. The molecule has 0 aliphatic rings. The first-order valence-corrected chi connectivity index (χ1v) is 5.94. The average molecular weight is 249 g/mol. The summed E-state index contributed by atoms with van der Waals surface area (Å²) in [4.78, 5) is 10.9. The van der Waals surface area contributed by atoms with E-state index in [0.29, 0.717) is 6.42 Å². The molecule has 0 spiro atoms. The zero-order valence-corrected chi connectivity index (χ0v) is 10.0. The summed E-state index contributed by atoms with van der Waals surface area (Å²) in [6.45, 7) is 0.769. The molecule has 18 heavy (non-hydrogen) atoms. The summed E-state index contributed by atoms with van der Waals surface area (Å²) in [6, 6.07) is 6.71. The van der Waals surface area contributed by atoms with Gasteiger partial charge in [-0.1, -0.05) is 0 Å². The highest BCUT2D eigenvalue weighted by Crippen LogP contribution is 2.17. The Kier molecular flexibility index (Phi) is 3.94. The van der Waals surface area contributed by atoms with Gasteiger partial charge >= 0.3 is 0 Å². The fraction of sp³-hybridized carbons (Fsp3) is 0.308. The topological polar surface area (TPSA) is 60.0 Å². The van der Waals surface area contributed by atoms with Gasteiger partial charge in [0.05, 0.1) is 5.52 Å². The van der Waals surface area contributed by atoms with Crippen LogP contribution in [0.15, 0.2) is 30.5 Å². The zero-order chi connectivity index (χ0) is 13.0. The van der Waals surface area contributed by atoms with E-state index in [0.717, 1.165) is 30.3 Å². The predicted molar refractivity (Wildman–Crippen MR) is 68.1 cm³/mol. The van der Waals surface area contributed by atoms with Crippen molar-refractivity contribution in [3.8, 4) is 0 Å². The molecule has 2 aromatic rings. The van der Waals surface area contributed by atoms with Gasteiger partial charge in [0.2, 0.25) is 5.91 Å². The van der Waals surface area contributed by atoms with Gasteiger partial charge in [-0.25, -0.2) is 10.2 Å². The van der Waals surface area contributed by atoms with E-state index in [-0.39, 0.29) is 11.7 Å². The number of aromatic nitrogens is 1. The molecule has 2 rings (SSSR count). The number of benzene rings is 1. The number of fused-ring (bicyclic) bond motifs is 1. The second-order valence-electron chi connectivity index (χ2n) is 4.24. The Morgan fingerprint density at radius 2 is 2.17 bits per heavy atom. The Balaban J connectivity index is 1.95. The van der Waals surface area contributed by atoms with Gasteiger partial charge in [-0.15, -0.1) is 0 Å². The minimum atomic E-state index is -0.232. The van der Waals surface area contributed by atoms with Gasteiger partial charge in [-0.2, -0.15) is 0 Å². The van der Waals surface area contributed by atoms with Crippen molar-refractivity contribution in [3.63, 3.8) is 0 Å². The summed E-state index contributed by atoms with van der Waals surface area (Å²) in [5, 5.41) is 1.02. The van der Waals surface area contributed by atoms with E-state index in [2.05, 4.69) is 5.43 Å². The number of carbonyl (C=O) groups is 1. The van der Waals surface area contributed by atoms with Crippen LogP contribution in [0.2, 0.25) is 0 Å². The third-order valence-electron chi connectivity index (χ3n) is 2.95. The molecule has 4 nitrogen and oxygen atoms in total. The molecule has 1 aromatic carbocycles. The van der Waals surface area contributed by atoms with Crippen LogP contribution in [0.1, 0.15) is 19.3 Å². The fourth-order valence-electron chi connectivity index (χ4n) is 1.99. The number of unbranched alkanes of at least 4 members (excludes halogenated alkanes) is 1. The summed E-state index contributed by atoms with van der Waals surface area (Å²) in [5.74, 6) is 4.61. The maximum atomic E-state index is 13.2. The normalized spacial score (nSPS) is 10.8. The molecule has 0 fully saturated rings. The van der Waals surface area contributed by atoms with Gasteiger partial charge < -0.3 is 4.57 Å². The molecule has 3 N–H and O–H groups in total. The van der Waals surface area contributed by atoms with Crippen LogP contribution in [-0.4, -0.2) is 10.5 Å². The molecule has 0 aliphatic carbocycles. The number of hydrazine groups is 1. The van der Waals surface area contributed by atoms with Crippen molar-refractivity contribution in [2.45, 2.75) is 25.8 Å². The maximum Gasteiger partial charge on any atom is 0.233 e. The minimum Gasteiger partial charge on any atom is -0.347 e. The van der Waals surface area contributed by atoms with Crippen molar-refractivity contribution in [1.82, 2.24) is 9.99 Å². The summed E-state index contributed by atoms with van der Waals surface area (Å²) >= 11 is 0. The standard InChI is InChI=1S/C13H16FN3O/c14-11-5-4-10-6-8-17(12(10)9-11)7-2-1-3-13(18)16-15/h4-6,8-9H,1-3,7,15H2,(H,16,18). The van der Waals surface area contributed by atoms with Crippen LogP contribution in [0.5, 0.6) is 0 Å². The van der Waals surface area contributed by atoms with Crippen molar-refractivity contribution in [2.24, 2.45) is 5.84 Å². The molecular weight excluding hydrogens is 233 g/mol. The first-order chi connectivity index (χ1) is 8.70. The highest BCUT2D eigenvalue weighted by atomic mass is 19.1. The number of halogens is 1. The van der Waals surface area contributed by atoms with E-state index in [1.807, 2.05) is 16.8 Å². The van der Waals surface area contributed by atoms with Crippen molar-refractivity contribution < 1.29 is 9.18 Å². The Morgan fingerprint density at radius 3 is 2.94 bits per heavy atom. The Bertz CT molecular complexity index is 550. The van der Waals surface area contributed by atoms with Crippen molar-refractivity contribution in [3.05, 3.63) is 36.3 Å². The van der Waals surface area contributed by atoms with E-state index in [9.17, 15) is 9.18 Å². The number of rotatable bonds is 5.